The van der Waals surface area contributed by atoms with Gasteiger partial charge in [0.2, 0.25) is 11.8 Å². The van der Waals surface area contributed by atoms with E-state index in [0.717, 1.165) is 0 Å². The number of nitro groups is 1. The van der Waals surface area contributed by atoms with E-state index < -0.39 is 23.3 Å². The van der Waals surface area contributed by atoms with E-state index in [0.29, 0.717) is 39.3 Å². The quantitative estimate of drug-likeness (QED) is 0.0603. The van der Waals surface area contributed by atoms with Crippen LogP contribution >= 0.6 is 11.6 Å². The molecule has 3 atom stereocenters. The van der Waals surface area contributed by atoms with Crippen LogP contribution in [0.5, 0.6) is 0 Å². The van der Waals surface area contributed by atoms with Gasteiger partial charge in [-0.05, 0) is 48.7 Å². The van der Waals surface area contributed by atoms with Crippen molar-refractivity contribution < 1.29 is 28.8 Å². The molecule has 0 spiro atoms. The third-order valence-corrected chi connectivity index (χ3v) is 8.34. The number of pyridine rings is 1. The zero-order valence-electron chi connectivity index (χ0n) is 23.3. The SMILES string of the molecule is CC1C=CCC2C(=O)N(c3ccc(-c4cc(C(=O)OCC(=O)c5ccc([N+](=O)[O-])cc5)c5cccc(Cl)c5n4)cc3)C(=O)C12. The number of allylic oxidation sites excluding steroid dienone is 2. The number of ether oxygens (including phenoxy) is 1. The lowest BCUT2D eigenvalue weighted by Crippen LogP contribution is -2.31. The molecule has 1 saturated heterocycles. The van der Waals surface area contributed by atoms with Gasteiger partial charge in [-0.25, -0.2) is 9.78 Å². The number of nitrogens with zero attached hydrogens (tertiary/aromatic N) is 3. The van der Waals surface area contributed by atoms with E-state index in [-0.39, 0.29) is 46.4 Å². The number of aromatic nitrogens is 1. The van der Waals surface area contributed by atoms with Crippen molar-refractivity contribution in [2.75, 3.05) is 11.5 Å². The van der Waals surface area contributed by atoms with Crippen LogP contribution in [0.4, 0.5) is 11.4 Å². The number of ketones is 1. The average Bonchev–Trinajstić information content (AvgIpc) is 3.29. The predicted octanol–water partition coefficient (Wildman–Crippen LogP) is 6.20. The molecule has 2 amide bonds. The Kier molecular flexibility index (Phi) is 7.52. The van der Waals surface area contributed by atoms with Gasteiger partial charge in [0.15, 0.2) is 12.4 Å². The maximum atomic E-state index is 13.3. The van der Waals surface area contributed by atoms with Gasteiger partial charge in [-0.15, -0.1) is 0 Å². The highest BCUT2D eigenvalue weighted by molar-refractivity contribution is 6.35. The van der Waals surface area contributed by atoms with E-state index in [9.17, 15) is 29.3 Å². The van der Waals surface area contributed by atoms with Crippen molar-refractivity contribution >= 4 is 57.4 Å². The van der Waals surface area contributed by atoms with Gasteiger partial charge in [-0.3, -0.25) is 29.4 Å². The summed E-state index contributed by atoms with van der Waals surface area (Å²) in [5, 5.41) is 11.6. The van der Waals surface area contributed by atoms with Gasteiger partial charge >= 0.3 is 5.97 Å². The predicted molar refractivity (Wildman–Crippen MR) is 162 cm³/mol. The zero-order chi connectivity index (χ0) is 31.1. The Morgan fingerprint density at radius 3 is 2.45 bits per heavy atom. The summed E-state index contributed by atoms with van der Waals surface area (Å²) in [6.45, 7) is 1.36. The van der Waals surface area contributed by atoms with Crippen LogP contribution in [-0.4, -0.2) is 40.1 Å². The van der Waals surface area contributed by atoms with Crippen molar-refractivity contribution in [1.29, 1.82) is 0 Å². The van der Waals surface area contributed by atoms with E-state index in [4.69, 9.17) is 16.3 Å². The summed E-state index contributed by atoms with van der Waals surface area (Å²) in [4.78, 5) is 68.4. The first-order valence-electron chi connectivity index (χ1n) is 13.8. The van der Waals surface area contributed by atoms with Gasteiger partial charge in [-0.2, -0.15) is 0 Å². The Labute approximate surface area is 256 Å². The smallest absolute Gasteiger partial charge is 0.339 e. The van der Waals surface area contributed by atoms with Crippen LogP contribution in [0.1, 0.15) is 34.1 Å². The Morgan fingerprint density at radius 2 is 1.77 bits per heavy atom. The summed E-state index contributed by atoms with van der Waals surface area (Å²) in [5.41, 5.74) is 1.90. The molecule has 3 aromatic carbocycles. The minimum atomic E-state index is -0.786. The summed E-state index contributed by atoms with van der Waals surface area (Å²) < 4.78 is 5.35. The molecule has 0 saturated carbocycles. The fraction of sp³-hybridized carbons (Fsp3) is 0.182. The number of esters is 1. The number of hydrogen-bond donors (Lipinski definition) is 0. The molecule has 1 aromatic heterocycles. The largest absolute Gasteiger partial charge is 0.454 e. The van der Waals surface area contributed by atoms with Crippen LogP contribution < -0.4 is 4.90 Å². The molecule has 10 nitrogen and oxygen atoms in total. The van der Waals surface area contributed by atoms with E-state index in [2.05, 4.69) is 4.98 Å². The number of hydrogen-bond acceptors (Lipinski definition) is 8. The highest BCUT2D eigenvalue weighted by Crippen LogP contribution is 2.41. The maximum absolute atomic E-state index is 13.3. The number of anilines is 1. The van der Waals surface area contributed by atoms with Gasteiger partial charge in [0.05, 0.1) is 44.2 Å². The fourth-order valence-electron chi connectivity index (χ4n) is 5.77. The summed E-state index contributed by atoms with van der Waals surface area (Å²) in [7, 11) is 0. The molecule has 1 aliphatic carbocycles. The molecular weight excluding hydrogens is 586 g/mol. The number of para-hydroxylation sites is 1. The monoisotopic (exact) mass is 609 g/mol. The number of imide groups is 1. The van der Waals surface area contributed by atoms with Gasteiger partial charge < -0.3 is 4.74 Å². The number of non-ortho nitro benzene ring substituents is 1. The average molecular weight is 610 g/mol. The normalized spacial score (nSPS) is 19.2. The second-order valence-corrected chi connectivity index (χ2v) is 11.1. The second kappa shape index (κ2) is 11.5. The van der Waals surface area contributed by atoms with Crippen LogP contribution in [0.2, 0.25) is 5.02 Å². The van der Waals surface area contributed by atoms with E-state index in [1.54, 1.807) is 42.5 Å². The number of carbonyl (C=O) groups is 4. The topological polar surface area (TPSA) is 137 Å². The fourth-order valence-corrected chi connectivity index (χ4v) is 5.99. The molecule has 3 unspecified atom stereocenters. The van der Waals surface area contributed by atoms with Gasteiger partial charge in [0, 0.05) is 28.6 Å². The molecule has 1 fully saturated rings. The van der Waals surface area contributed by atoms with E-state index in [1.165, 1.54) is 35.2 Å². The number of rotatable bonds is 7. The Bertz CT molecular complexity index is 1890. The molecule has 2 aliphatic rings. The molecule has 0 radical (unpaired) electrons. The van der Waals surface area contributed by atoms with Crippen LogP contribution in [0.3, 0.4) is 0 Å². The first kappa shape index (κ1) is 28.9. The lowest BCUT2D eigenvalue weighted by molar-refractivity contribution is -0.384. The van der Waals surface area contributed by atoms with Crippen LogP contribution in [0.25, 0.3) is 22.2 Å². The number of fused-ring (bicyclic) bond motifs is 2. The van der Waals surface area contributed by atoms with Crippen molar-refractivity contribution in [2.24, 2.45) is 17.8 Å². The number of amides is 2. The molecule has 0 bridgehead atoms. The molecule has 11 heteroatoms. The van der Waals surface area contributed by atoms with Crippen molar-refractivity contribution in [1.82, 2.24) is 4.98 Å². The number of benzene rings is 3. The third kappa shape index (κ3) is 5.13. The Balaban J connectivity index is 1.26. The molecule has 1 aliphatic heterocycles. The molecule has 6 rings (SSSR count). The number of nitro benzene ring substituents is 1. The molecule has 2 heterocycles. The minimum Gasteiger partial charge on any atom is -0.454 e. The lowest BCUT2D eigenvalue weighted by Gasteiger charge is -2.22. The molecule has 220 valence electrons. The number of carbonyl (C=O) groups excluding carboxylic acids is 4. The third-order valence-electron chi connectivity index (χ3n) is 8.04. The van der Waals surface area contributed by atoms with E-state index in [1.807, 2.05) is 19.1 Å². The first-order valence-corrected chi connectivity index (χ1v) is 14.2. The first-order chi connectivity index (χ1) is 21.1. The number of halogens is 1. The summed E-state index contributed by atoms with van der Waals surface area (Å²) in [6.07, 6.45) is 4.46. The van der Waals surface area contributed by atoms with Crippen molar-refractivity contribution in [3.05, 3.63) is 111 Å². The zero-order valence-corrected chi connectivity index (χ0v) is 24.1. The van der Waals surface area contributed by atoms with Gasteiger partial charge in [0.1, 0.15) is 0 Å². The van der Waals surface area contributed by atoms with Crippen LogP contribution in [0.15, 0.2) is 84.9 Å². The van der Waals surface area contributed by atoms with Crippen LogP contribution in [-0.2, 0) is 14.3 Å². The lowest BCUT2D eigenvalue weighted by atomic mass is 9.78. The second-order valence-electron chi connectivity index (χ2n) is 10.7. The summed E-state index contributed by atoms with van der Waals surface area (Å²) in [6, 6.07) is 18.2. The summed E-state index contributed by atoms with van der Waals surface area (Å²) >= 11 is 6.45. The maximum Gasteiger partial charge on any atom is 0.339 e. The standard InChI is InChI=1S/C33H24ClN3O7/c1-18-4-2-6-24-29(18)32(40)36(31(24)39)21-12-8-19(9-13-21)27-16-25(23-5-3-7-26(34)30(23)35-27)33(41)44-17-28(38)20-10-14-22(15-11-20)37(42)43/h2-5,7-16,18,24,29H,6,17H2,1H3. The summed E-state index contributed by atoms with van der Waals surface area (Å²) in [5.74, 6) is -2.52. The highest BCUT2D eigenvalue weighted by Gasteiger charge is 2.50. The Morgan fingerprint density at radius 1 is 1.05 bits per heavy atom. The molecular formula is C33H24ClN3O7. The van der Waals surface area contributed by atoms with Crippen molar-refractivity contribution in [3.8, 4) is 11.3 Å². The molecule has 4 aromatic rings. The van der Waals surface area contributed by atoms with Gasteiger partial charge in [0.25, 0.3) is 5.69 Å². The van der Waals surface area contributed by atoms with Gasteiger partial charge in [-0.1, -0.05) is 54.9 Å². The van der Waals surface area contributed by atoms with Crippen molar-refractivity contribution in [3.63, 3.8) is 0 Å². The molecule has 0 N–H and O–H groups in total. The Hall–Kier alpha value is -5.22. The van der Waals surface area contributed by atoms with E-state index >= 15 is 0 Å². The molecule has 44 heavy (non-hydrogen) atoms. The minimum absolute atomic E-state index is 0.0244. The van der Waals surface area contributed by atoms with Crippen LogP contribution in [0, 0.1) is 27.9 Å². The highest BCUT2D eigenvalue weighted by atomic mass is 35.5. The van der Waals surface area contributed by atoms with Crippen molar-refractivity contribution in [2.45, 2.75) is 13.3 Å². The number of Topliss-reactive ketones (excluding diaryl/α,β-unsaturated/α-hetero) is 1.